The molecule has 30 heavy (non-hydrogen) atoms. The van der Waals surface area contributed by atoms with Crippen molar-refractivity contribution in [3.8, 4) is 5.75 Å². The summed E-state index contributed by atoms with van der Waals surface area (Å²) in [4.78, 5) is 17.6. The fraction of sp³-hybridized carbons (Fsp3) is 0.120. The second-order valence-electron chi connectivity index (χ2n) is 6.80. The smallest absolute Gasteiger partial charge is 0.221 e. The van der Waals surface area contributed by atoms with E-state index in [0.717, 1.165) is 27.9 Å². The maximum Gasteiger partial charge on any atom is 0.221 e. The van der Waals surface area contributed by atoms with Gasteiger partial charge >= 0.3 is 0 Å². The third kappa shape index (κ3) is 4.29. The molecule has 0 spiro atoms. The number of fused-ring (bicyclic) bond motifs is 1. The van der Waals surface area contributed by atoms with Crippen molar-refractivity contribution in [3.05, 3.63) is 101 Å². The molecule has 0 fully saturated rings. The van der Waals surface area contributed by atoms with E-state index < -0.39 is 0 Å². The molecule has 0 unspecified atom stereocenters. The van der Waals surface area contributed by atoms with Gasteiger partial charge in [0.25, 0.3) is 0 Å². The SMILES string of the molecule is CCOc1ccc(C=CC(=O)c2nc3ccccc3n2Cc2ccccc2Cl)cc1. The van der Waals surface area contributed by atoms with Crippen molar-refractivity contribution >= 4 is 34.5 Å². The van der Waals surface area contributed by atoms with E-state index >= 15 is 0 Å². The molecule has 0 saturated heterocycles. The number of ketones is 1. The molecule has 150 valence electrons. The van der Waals surface area contributed by atoms with Crippen LogP contribution in [0.3, 0.4) is 0 Å². The van der Waals surface area contributed by atoms with E-state index in [1.54, 1.807) is 12.2 Å². The lowest BCUT2D eigenvalue weighted by molar-refractivity contribution is 0.103. The topological polar surface area (TPSA) is 44.1 Å². The van der Waals surface area contributed by atoms with Crippen LogP contribution < -0.4 is 4.74 Å². The zero-order valence-electron chi connectivity index (χ0n) is 16.6. The van der Waals surface area contributed by atoms with Gasteiger partial charge in [0.2, 0.25) is 5.78 Å². The summed E-state index contributed by atoms with van der Waals surface area (Å²) in [5.41, 5.74) is 3.53. The second kappa shape index (κ2) is 8.97. The van der Waals surface area contributed by atoms with Gasteiger partial charge < -0.3 is 9.30 Å². The largest absolute Gasteiger partial charge is 0.494 e. The number of hydrogen-bond donors (Lipinski definition) is 0. The Morgan fingerprint density at radius 2 is 1.77 bits per heavy atom. The van der Waals surface area contributed by atoms with E-state index in [9.17, 15) is 4.79 Å². The molecule has 1 aromatic heterocycles. The second-order valence-corrected chi connectivity index (χ2v) is 7.21. The standard InChI is InChI=1S/C25H21ClN2O2/c1-2-30-20-14-11-18(12-15-20)13-16-24(29)25-27-22-9-5-6-10-23(22)28(25)17-19-7-3-4-8-21(19)26/h3-16H,2,17H2,1H3. The van der Waals surface area contributed by atoms with Crippen molar-refractivity contribution in [1.29, 1.82) is 0 Å². The Hall–Kier alpha value is -3.37. The molecular formula is C25H21ClN2O2. The number of carbonyl (C=O) groups excluding carboxylic acids is 1. The minimum absolute atomic E-state index is 0.160. The molecule has 0 amide bonds. The molecule has 1 heterocycles. The van der Waals surface area contributed by atoms with E-state index in [1.807, 2.05) is 84.3 Å². The first-order valence-electron chi connectivity index (χ1n) is 9.79. The highest BCUT2D eigenvalue weighted by Gasteiger charge is 2.16. The number of rotatable bonds is 7. The van der Waals surface area contributed by atoms with Crippen LogP contribution in [-0.4, -0.2) is 21.9 Å². The van der Waals surface area contributed by atoms with Crippen LogP contribution in [0.1, 0.15) is 28.7 Å². The maximum atomic E-state index is 13.0. The van der Waals surface area contributed by atoms with Gasteiger partial charge in [-0.3, -0.25) is 4.79 Å². The Kier molecular flexibility index (Phi) is 5.96. The van der Waals surface area contributed by atoms with Crippen molar-refractivity contribution in [2.45, 2.75) is 13.5 Å². The number of nitrogens with zero attached hydrogens (tertiary/aromatic N) is 2. The summed E-state index contributed by atoms with van der Waals surface area (Å²) in [5.74, 6) is 1.04. The first kappa shape index (κ1) is 19.9. The van der Waals surface area contributed by atoms with Crippen LogP contribution in [0.2, 0.25) is 5.02 Å². The minimum Gasteiger partial charge on any atom is -0.494 e. The van der Waals surface area contributed by atoms with Crippen LogP contribution in [0.5, 0.6) is 5.75 Å². The average molecular weight is 417 g/mol. The summed E-state index contributed by atoms with van der Waals surface area (Å²) in [6.45, 7) is 3.04. The van der Waals surface area contributed by atoms with Crippen LogP contribution in [0, 0.1) is 0 Å². The summed E-state index contributed by atoms with van der Waals surface area (Å²) in [7, 11) is 0. The minimum atomic E-state index is -0.160. The Morgan fingerprint density at radius 3 is 2.53 bits per heavy atom. The summed E-state index contributed by atoms with van der Waals surface area (Å²) < 4.78 is 7.37. The Bertz CT molecular complexity index is 1210. The normalized spacial score (nSPS) is 11.3. The van der Waals surface area contributed by atoms with Gasteiger partial charge in [-0.25, -0.2) is 4.98 Å². The molecule has 0 aliphatic rings. The third-order valence-electron chi connectivity index (χ3n) is 4.78. The number of benzene rings is 3. The molecule has 4 nitrogen and oxygen atoms in total. The first-order chi connectivity index (χ1) is 14.7. The van der Waals surface area contributed by atoms with Crippen molar-refractivity contribution in [2.24, 2.45) is 0 Å². The van der Waals surface area contributed by atoms with Crippen molar-refractivity contribution in [2.75, 3.05) is 6.61 Å². The average Bonchev–Trinajstić information content (AvgIpc) is 3.13. The predicted molar refractivity (Wildman–Crippen MR) is 121 cm³/mol. The quantitative estimate of drug-likeness (QED) is 0.273. The zero-order chi connectivity index (χ0) is 20.9. The fourth-order valence-corrected chi connectivity index (χ4v) is 3.50. The zero-order valence-corrected chi connectivity index (χ0v) is 17.3. The summed E-state index contributed by atoms with van der Waals surface area (Å²) in [6, 6.07) is 23.0. The van der Waals surface area contributed by atoms with E-state index in [2.05, 4.69) is 4.98 Å². The van der Waals surface area contributed by atoms with Crippen LogP contribution in [0.25, 0.3) is 17.1 Å². The molecule has 0 aliphatic carbocycles. The van der Waals surface area contributed by atoms with Gasteiger partial charge in [-0.2, -0.15) is 0 Å². The number of halogens is 1. The van der Waals surface area contributed by atoms with Gasteiger partial charge in [0.05, 0.1) is 24.2 Å². The molecule has 0 radical (unpaired) electrons. The number of para-hydroxylation sites is 2. The highest BCUT2D eigenvalue weighted by Crippen LogP contribution is 2.22. The molecular weight excluding hydrogens is 396 g/mol. The van der Waals surface area contributed by atoms with Crippen LogP contribution >= 0.6 is 11.6 Å². The lowest BCUT2D eigenvalue weighted by atomic mass is 10.2. The third-order valence-corrected chi connectivity index (χ3v) is 5.15. The Labute approximate surface area is 180 Å². The number of ether oxygens (including phenoxy) is 1. The molecule has 0 bridgehead atoms. The predicted octanol–water partition coefficient (Wildman–Crippen LogP) is 6.03. The Balaban J connectivity index is 1.66. The summed E-state index contributed by atoms with van der Waals surface area (Å²) in [6.07, 6.45) is 3.34. The maximum absolute atomic E-state index is 13.0. The first-order valence-corrected chi connectivity index (χ1v) is 10.2. The van der Waals surface area contributed by atoms with E-state index in [1.165, 1.54) is 0 Å². The molecule has 0 N–H and O–H groups in total. The lowest BCUT2D eigenvalue weighted by Gasteiger charge is -2.09. The molecule has 4 aromatic rings. The summed E-state index contributed by atoms with van der Waals surface area (Å²) in [5, 5.41) is 0.665. The van der Waals surface area contributed by atoms with Crippen LogP contribution in [0.15, 0.2) is 78.9 Å². The number of allylic oxidation sites excluding steroid dienone is 1. The van der Waals surface area contributed by atoms with Gasteiger partial charge in [-0.1, -0.05) is 60.1 Å². The van der Waals surface area contributed by atoms with E-state index in [0.29, 0.717) is 24.0 Å². The van der Waals surface area contributed by atoms with Crippen molar-refractivity contribution in [1.82, 2.24) is 9.55 Å². The Morgan fingerprint density at radius 1 is 1.03 bits per heavy atom. The van der Waals surface area contributed by atoms with Gasteiger partial charge in [-0.15, -0.1) is 0 Å². The number of carbonyl (C=O) groups is 1. The molecule has 0 aliphatic heterocycles. The number of hydrogen-bond acceptors (Lipinski definition) is 3. The van der Waals surface area contributed by atoms with Crippen LogP contribution in [0.4, 0.5) is 0 Å². The number of aromatic nitrogens is 2. The highest BCUT2D eigenvalue weighted by atomic mass is 35.5. The monoisotopic (exact) mass is 416 g/mol. The number of imidazole rings is 1. The molecule has 3 aromatic carbocycles. The van der Waals surface area contributed by atoms with Gasteiger partial charge in [0.15, 0.2) is 5.82 Å². The molecule has 0 atom stereocenters. The fourth-order valence-electron chi connectivity index (χ4n) is 3.31. The van der Waals surface area contributed by atoms with Crippen molar-refractivity contribution in [3.63, 3.8) is 0 Å². The molecule has 4 rings (SSSR count). The van der Waals surface area contributed by atoms with Gasteiger partial charge in [-0.05, 0) is 54.5 Å². The van der Waals surface area contributed by atoms with Crippen molar-refractivity contribution < 1.29 is 9.53 Å². The van der Waals surface area contributed by atoms with Crippen LogP contribution in [-0.2, 0) is 6.54 Å². The summed E-state index contributed by atoms with van der Waals surface area (Å²) >= 11 is 6.36. The lowest BCUT2D eigenvalue weighted by Crippen LogP contribution is -2.10. The van der Waals surface area contributed by atoms with E-state index in [-0.39, 0.29) is 5.78 Å². The van der Waals surface area contributed by atoms with E-state index in [4.69, 9.17) is 16.3 Å². The van der Waals surface area contributed by atoms with Gasteiger partial charge in [0.1, 0.15) is 5.75 Å². The molecule has 5 heteroatoms. The molecule has 0 saturated carbocycles. The van der Waals surface area contributed by atoms with Gasteiger partial charge in [0, 0.05) is 5.02 Å². The highest BCUT2D eigenvalue weighted by molar-refractivity contribution is 6.31.